The SMILES string of the molecule is Cc1ccc(N(OCC2CO2)S(=O)(=O)c2ccccc2)cc1. The second kappa shape index (κ2) is 6.08. The number of hydrogen-bond donors (Lipinski definition) is 0. The van der Waals surface area contributed by atoms with E-state index in [0.717, 1.165) is 10.0 Å². The highest BCUT2D eigenvalue weighted by Crippen LogP contribution is 2.25. The van der Waals surface area contributed by atoms with Gasteiger partial charge in [0.15, 0.2) is 0 Å². The molecule has 2 aromatic carbocycles. The molecule has 2 aromatic rings. The Morgan fingerprint density at radius 2 is 1.77 bits per heavy atom. The predicted molar refractivity (Wildman–Crippen MR) is 83.0 cm³/mol. The van der Waals surface area contributed by atoms with Crippen molar-refractivity contribution in [1.29, 1.82) is 0 Å². The van der Waals surface area contributed by atoms with Crippen LogP contribution in [0.3, 0.4) is 0 Å². The van der Waals surface area contributed by atoms with Crippen LogP contribution < -0.4 is 4.47 Å². The lowest BCUT2D eigenvalue weighted by atomic mass is 10.2. The van der Waals surface area contributed by atoms with Gasteiger partial charge in [0.1, 0.15) is 12.7 Å². The van der Waals surface area contributed by atoms with Gasteiger partial charge in [-0.2, -0.15) is 8.42 Å². The van der Waals surface area contributed by atoms with Crippen LogP contribution in [0.25, 0.3) is 0 Å². The van der Waals surface area contributed by atoms with E-state index in [9.17, 15) is 8.42 Å². The van der Waals surface area contributed by atoms with Crippen molar-refractivity contribution in [1.82, 2.24) is 0 Å². The van der Waals surface area contributed by atoms with Crippen molar-refractivity contribution in [2.75, 3.05) is 17.7 Å². The summed E-state index contributed by atoms with van der Waals surface area (Å²) >= 11 is 0. The second-order valence-electron chi connectivity index (χ2n) is 5.13. The molecular weight excluding hydrogens is 302 g/mol. The summed E-state index contributed by atoms with van der Waals surface area (Å²) in [5.74, 6) is 0. The van der Waals surface area contributed by atoms with E-state index in [4.69, 9.17) is 9.57 Å². The molecule has 116 valence electrons. The molecule has 3 rings (SSSR count). The van der Waals surface area contributed by atoms with Gasteiger partial charge in [0.05, 0.1) is 17.2 Å². The fourth-order valence-corrected chi connectivity index (χ4v) is 3.24. The zero-order chi connectivity index (χ0) is 15.6. The number of rotatable bonds is 6. The normalized spacial score (nSPS) is 17.2. The number of hydrogen-bond acceptors (Lipinski definition) is 4. The molecule has 5 nitrogen and oxygen atoms in total. The molecule has 0 aromatic heterocycles. The first-order valence-corrected chi connectivity index (χ1v) is 8.43. The Bertz CT molecular complexity index is 725. The van der Waals surface area contributed by atoms with Crippen LogP contribution in [0.4, 0.5) is 5.69 Å². The highest BCUT2D eigenvalue weighted by atomic mass is 32.2. The largest absolute Gasteiger partial charge is 0.371 e. The van der Waals surface area contributed by atoms with Crippen LogP contribution in [-0.2, 0) is 19.6 Å². The van der Waals surface area contributed by atoms with E-state index in [0.29, 0.717) is 12.3 Å². The van der Waals surface area contributed by atoms with Crippen molar-refractivity contribution in [3.63, 3.8) is 0 Å². The maximum Gasteiger partial charge on any atom is 0.286 e. The Kier molecular flexibility index (Phi) is 4.15. The maximum atomic E-state index is 12.8. The summed E-state index contributed by atoms with van der Waals surface area (Å²) in [5.41, 5.74) is 1.52. The first kappa shape index (κ1) is 15.0. The topological polar surface area (TPSA) is 59.1 Å². The lowest BCUT2D eigenvalue weighted by Gasteiger charge is -2.23. The number of aryl methyl sites for hydroxylation is 1. The predicted octanol–water partition coefficient (Wildman–Crippen LogP) is 2.52. The minimum absolute atomic E-state index is 0.0288. The third kappa shape index (κ3) is 3.30. The average molecular weight is 319 g/mol. The molecular formula is C16H17NO4S. The summed E-state index contributed by atoms with van der Waals surface area (Å²) in [6.07, 6.45) is -0.0288. The van der Waals surface area contributed by atoms with Gasteiger partial charge < -0.3 is 4.74 Å². The molecule has 0 amide bonds. The number of sulfonamides is 1. The third-order valence-corrected chi connectivity index (χ3v) is 4.90. The smallest absolute Gasteiger partial charge is 0.286 e. The van der Waals surface area contributed by atoms with Crippen LogP contribution >= 0.6 is 0 Å². The van der Waals surface area contributed by atoms with Gasteiger partial charge in [-0.05, 0) is 31.2 Å². The van der Waals surface area contributed by atoms with Crippen LogP contribution in [0.2, 0.25) is 0 Å². The molecule has 1 fully saturated rings. The van der Waals surface area contributed by atoms with Crippen molar-refractivity contribution in [2.45, 2.75) is 17.9 Å². The van der Waals surface area contributed by atoms with Crippen LogP contribution in [0, 0.1) is 6.92 Å². The maximum absolute atomic E-state index is 12.8. The quantitative estimate of drug-likeness (QED) is 0.606. The second-order valence-corrected chi connectivity index (χ2v) is 6.89. The van der Waals surface area contributed by atoms with Crippen LogP contribution in [0.5, 0.6) is 0 Å². The van der Waals surface area contributed by atoms with E-state index in [-0.39, 0.29) is 17.6 Å². The minimum Gasteiger partial charge on any atom is -0.371 e. The highest BCUT2D eigenvalue weighted by molar-refractivity contribution is 7.92. The number of anilines is 1. The molecule has 0 radical (unpaired) electrons. The first-order valence-electron chi connectivity index (χ1n) is 6.99. The van der Waals surface area contributed by atoms with Crippen molar-refractivity contribution in [2.24, 2.45) is 0 Å². The highest BCUT2D eigenvalue weighted by Gasteiger charge is 2.30. The van der Waals surface area contributed by atoms with Gasteiger partial charge in [-0.25, -0.2) is 0 Å². The molecule has 0 saturated carbocycles. The van der Waals surface area contributed by atoms with Gasteiger partial charge in [0.25, 0.3) is 10.0 Å². The molecule has 0 spiro atoms. The first-order chi connectivity index (χ1) is 10.6. The molecule has 1 saturated heterocycles. The van der Waals surface area contributed by atoms with Crippen molar-refractivity contribution >= 4 is 15.7 Å². The molecule has 1 aliphatic rings. The zero-order valence-electron chi connectivity index (χ0n) is 12.2. The fourth-order valence-electron chi connectivity index (χ4n) is 1.95. The van der Waals surface area contributed by atoms with Crippen molar-refractivity contribution in [3.05, 3.63) is 60.2 Å². The van der Waals surface area contributed by atoms with Gasteiger partial charge in [-0.3, -0.25) is 4.84 Å². The van der Waals surface area contributed by atoms with E-state index in [1.165, 1.54) is 0 Å². The third-order valence-electron chi connectivity index (χ3n) is 3.28. The van der Waals surface area contributed by atoms with Crippen LogP contribution in [0.15, 0.2) is 59.5 Å². The fraction of sp³-hybridized carbons (Fsp3) is 0.250. The van der Waals surface area contributed by atoms with Gasteiger partial charge in [-0.1, -0.05) is 35.9 Å². The molecule has 1 heterocycles. The van der Waals surface area contributed by atoms with E-state index >= 15 is 0 Å². The Morgan fingerprint density at radius 3 is 2.36 bits per heavy atom. The number of epoxide rings is 1. The van der Waals surface area contributed by atoms with Gasteiger partial charge >= 0.3 is 0 Å². The molecule has 6 heteroatoms. The standard InChI is InChI=1S/C16H17NO4S/c1-13-7-9-14(10-8-13)17(21-12-15-11-20-15)22(18,19)16-5-3-2-4-6-16/h2-10,15H,11-12H2,1H3. The molecule has 0 aliphatic carbocycles. The van der Waals surface area contributed by atoms with Gasteiger partial charge in [-0.15, -0.1) is 4.47 Å². The number of benzene rings is 2. The average Bonchev–Trinajstić information content (AvgIpc) is 3.34. The molecule has 0 N–H and O–H groups in total. The summed E-state index contributed by atoms with van der Waals surface area (Å²) in [5, 5.41) is 0. The summed E-state index contributed by atoms with van der Waals surface area (Å²) in [4.78, 5) is 5.72. The summed E-state index contributed by atoms with van der Waals surface area (Å²) in [6, 6.07) is 15.4. The van der Waals surface area contributed by atoms with Crippen molar-refractivity contribution < 1.29 is 18.0 Å². The zero-order valence-corrected chi connectivity index (χ0v) is 13.0. The lowest BCUT2D eigenvalue weighted by molar-refractivity contribution is 0.129. The number of ether oxygens (including phenoxy) is 1. The Morgan fingerprint density at radius 1 is 1.14 bits per heavy atom. The van der Waals surface area contributed by atoms with E-state index in [1.807, 2.05) is 19.1 Å². The molecule has 0 bridgehead atoms. The molecule has 1 aliphatic heterocycles. The van der Waals surface area contributed by atoms with E-state index in [2.05, 4.69) is 0 Å². The van der Waals surface area contributed by atoms with Crippen molar-refractivity contribution in [3.8, 4) is 0 Å². The summed E-state index contributed by atoms with van der Waals surface area (Å²) in [6.45, 7) is 2.76. The Hall–Kier alpha value is -1.89. The summed E-state index contributed by atoms with van der Waals surface area (Å²) < 4.78 is 31.7. The van der Waals surface area contributed by atoms with E-state index in [1.54, 1.807) is 42.5 Å². The van der Waals surface area contributed by atoms with Crippen LogP contribution in [0.1, 0.15) is 5.56 Å². The summed E-state index contributed by atoms with van der Waals surface area (Å²) in [7, 11) is -3.78. The Labute approximate surface area is 130 Å². The Balaban J connectivity index is 1.94. The minimum atomic E-state index is -3.78. The molecule has 1 unspecified atom stereocenters. The molecule has 22 heavy (non-hydrogen) atoms. The lowest BCUT2D eigenvalue weighted by Crippen LogP contribution is -2.32. The molecule has 1 atom stereocenters. The van der Waals surface area contributed by atoms with Gasteiger partial charge in [0, 0.05) is 0 Å². The van der Waals surface area contributed by atoms with Gasteiger partial charge in [0.2, 0.25) is 0 Å². The number of nitrogens with zero attached hydrogens (tertiary/aromatic N) is 1. The van der Waals surface area contributed by atoms with Crippen LogP contribution in [-0.4, -0.2) is 27.7 Å². The van der Waals surface area contributed by atoms with E-state index < -0.39 is 10.0 Å². The monoisotopic (exact) mass is 319 g/mol.